The predicted molar refractivity (Wildman–Crippen MR) is 65.8 cm³/mol. The van der Waals surface area contributed by atoms with Gasteiger partial charge in [-0.15, -0.1) is 0 Å². The van der Waals surface area contributed by atoms with E-state index in [0.717, 1.165) is 11.1 Å². The molecule has 0 aliphatic heterocycles. The molecule has 2 heteroatoms. The van der Waals surface area contributed by atoms with Gasteiger partial charge in [-0.3, -0.25) is 4.79 Å². The Labute approximate surface area is 97.3 Å². The third-order valence-corrected chi connectivity index (χ3v) is 2.85. The lowest BCUT2D eigenvalue weighted by molar-refractivity contribution is -0.138. The van der Waals surface area contributed by atoms with Crippen molar-refractivity contribution in [3.8, 4) is 0 Å². The van der Waals surface area contributed by atoms with Crippen molar-refractivity contribution in [1.29, 1.82) is 0 Å². The van der Waals surface area contributed by atoms with Gasteiger partial charge in [-0.25, -0.2) is 0 Å². The van der Waals surface area contributed by atoms with E-state index in [-0.39, 0.29) is 5.41 Å². The number of carboxylic acid groups (broad SMARTS) is 1. The lowest BCUT2D eigenvalue weighted by atomic mass is 9.79. The molecular formula is C14H20O2. The summed E-state index contributed by atoms with van der Waals surface area (Å²) < 4.78 is 0. The Morgan fingerprint density at radius 2 is 1.88 bits per heavy atom. The molecule has 16 heavy (non-hydrogen) atoms. The number of hydrogen-bond donors (Lipinski definition) is 1. The Morgan fingerprint density at radius 1 is 1.31 bits per heavy atom. The van der Waals surface area contributed by atoms with Crippen LogP contribution in [0.2, 0.25) is 0 Å². The van der Waals surface area contributed by atoms with Gasteiger partial charge >= 0.3 is 5.97 Å². The van der Waals surface area contributed by atoms with E-state index < -0.39 is 11.9 Å². The van der Waals surface area contributed by atoms with Crippen molar-refractivity contribution in [2.24, 2.45) is 0 Å². The summed E-state index contributed by atoms with van der Waals surface area (Å²) in [5.74, 6) is -1.13. The third kappa shape index (κ3) is 2.63. The summed E-state index contributed by atoms with van der Waals surface area (Å²) in [5, 5.41) is 9.22. The normalized spacial score (nSPS) is 13.5. The zero-order valence-electron chi connectivity index (χ0n) is 10.4. The zero-order chi connectivity index (χ0) is 12.3. The van der Waals surface area contributed by atoms with Crippen LogP contribution in [0, 0.1) is 0 Å². The fourth-order valence-electron chi connectivity index (χ4n) is 2.01. The highest BCUT2D eigenvalue weighted by molar-refractivity contribution is 5.76. The maximum atomic E-state index is 11.2. The van der Waals surface area contributed by atoms with Gasteiger partial charge in [0.05, 0.1) is 5.92 Å². The van der Waals surface area contributed by atoms with Crippen molar-refractivity contribution < 1.29 is 9.90 Å². The van der Waals surface area contributed by atoms with Gasteiger partial charge in [-0.2, -0.15) is 0 Å². The lowest BCUT2D eigenvalue weighted by Gasteiger charge is -2.25. The molecule has 1 N–H and O–H groups in total. The SMILES string of the molecule is CCC(C(=O)O)c1ccccc1C(C)(C)C. The van der Waals surface area contributed by atoms with Crippen molar-refractivity contribution >= 4 is 5.97 Å². The van der Waals surface area contributed by atoms with E-state index in [1.807, 2.05) is 31.2 Å². The summed E-state index contributed by atoms with van der Waals surface area (Å²) in [5.41, 5.74) is 2.06. The molecule has 88 valence electrons. The van der Waals surface area contributed by atoms with E-state index in [2.05, 4.69) is 20.8 Å². The quantitative estimate of drug-likeness (QED) is 0.845. The van der Waals surface area contributed by atoms with E-state index in [9.17, 15) is 9.90 Å². The number of rotatable bonds is 3. The topological polar surface area (TPSA) is 37.3 Å². The summed E-state index contributed by atoms with van der Waals surface area (Å²) >= 11 is 0. The minimum absolute atomic E-state index is 0.0144. The molecular weight excluding hydrogens is 200 g/mol. The lowest BCUT2D eigenvalue weighted by Crippen LogP contribution is -2.19. The van der Waals surface area contributed by atoms with Crippen molar-refractivity contribution in [2.75, 3.05) is 0 Å². The number of aliphatic carboxylic acids is 1. The monoisotopic (exact) mass is 220 g/mol. The highest BCUT2D eigenvalue weighted by Crippen LogP contribution is 2.32. The van der Waals surface area contributed by atoms with E-state index in [1.165, 1.54) is 0 Å². The first-order chi connectivity index (χ1) is 7.38. The Bertz CT molecular complexity index is 375. The van der Waals surface area contributed by atoms with Crippen LogP contribution in [0.5, 0.6) is 0 Å². The standard InChI is InChI=1S/C14H20O2/c1-5-10(13(15)16)11-8-6-7-9-12(11)14(2,3)4/h6-10H,5H2,1-4H3,(H,15,16). The molecule has 1 aromatic rings. The molecule has 0 fully saturated rings. The highest BCUT2D eigenvalue weighted by atomic mass is 16.4. The molecule has 0 aliphatic rings. The van der Waals surface area contributed by atoms with Gasteiger partial charge in [-0.1, -0.05) is 52.0 Å². The summed E-state index contributed by atoms with van der Waals surface area (Å²) in [7, 11) is 0. The van der Waals surface area contributed by atoms with Crippen LogP contribution >= 0.6 is 0 Å². The van der Waals surface area contributed by atoms with Gasteiger partial charge in [0.1, 0.15) is 0 Å². The summed E-state index contributed by atoms with van der Waals surface area (Å²) in [4.78, 5) is 11.2. The Kier molecular flexibility index (Phi) is 3.74. The minimum Gasteiger partial charge on any atom is -0.481 e. The largest absolute Gasteiger partial charge is 0.481 e. The fraction of sp³-hybridized carbons (Fsp3) is 0.500. The summed E-state index contributed by atoms with van der Waals surface area (Å²) in [6.45, 7) is 8.25. The van der Waals surface area contributed by atoms with Gasteiger partial charge in [0.25, 0.3) is 0 Å². The van der Waals surface area contributed by atoms with Gasteiger partial charge in [0.15, 0.2) is 0 Å². The molecule has 2 nitrogen and oxygen atoms in total. The molecule has 0 saturated carbocycles. The van der Waals surface area contributed by atoms with Crippen LogP contribution in [0.15, 0.2) is 24.3 Å². The van der Waals surface area contributed by atoms with E-state index in [1.54, 1.807) is 0 Å². The van der Waals surface area contributed by atoms with Crippen LogP contribution in [-0.4, -0.2) is 11.1 Å². The predicted octanol–water partition coefficient (Wildman–Crippen LogP) is 3.56. The number of carboxylic acids is 1. The van der Waals surface area contributed by atoms with Gasteiger partial charge in [-0.05, 0) is 23.0 Å². The second kappa shape index (κ2) is 4.69. The first kappa shape index (κ1) is 12.8. The summed E-state index contributed by atoms with van der Waals surface area (Å²) in [6.07, 6.45) is 0.627. The van der Waals surface area contributed by atoms with Gasteiger partial charge in [0, 0.05) is 0 Å². The van der Waals surface area contributed by atoms with Crippen LogP contribution in [0.25, 0.3) is 0 Å². The van der Waals surface area contributed by atoms with E-state index >= 15 is 0 Å². The first-order valence-electron chi connectivity index (χ1n) is 5.70. The van der Waals surface area contributed by atoms with Crippen molar-refractivity contribution in [1.82, 2.24) is 0 Å². The maximum Gasteiger partial charge on any atom is 0.310 e. The highest BCUT2D eigenvalue weighted by Gasteiger charge is 2.25. The first-order valence-corrected chi connectivity index (χ1v) is 5.70. The van der Waals surface area contributed by atoms with Crippen LogP contribution in [-0.2, 0) is 10.2 Å². The second-order valence-corrected chi connectivity index (χ2v) is 5.14. The fourth-order valence-corrected chi connectivity index (χ4v) is 2.01. The van der Waals surface area contributed by atoms with Crippen LogP contribution in [0.1, 0.15) is 51.2 Å². The number of carbonyl (C=O) groups is 1. The third-order valence-electron chi connectivity index (χ3n) is 2.85. The molecule has 0 aliphatic carbocycles. The smallest absolute Gasteiger partial charge is 0.310 e. The van der Waals surface area contributed by atoms with Crippen molar-refractivity contribution in [3.63, 3.8) is 0 Å². The molecule has 0 aromatic heterocycles. The molecule has 0 amide bonds. The molecule has 1 unspecified atom stereocenters. The molecule has 0 bridgehead atoms. The Balaban J connectivity index is 3.27. The molecule has 1 rings (SSSR count). The summed E-state index contributed by atoms with van der Waals surface area (Å²) in [6, 6.07) is 7.85. The Hall–Kier alpha value is -1.31. The van der Waals surface area contributed by atoms with Crippen molar-refractivity contribution in [3.05, 3.63) is 35.4 Å². The van der Waals surface area contributed by atoms with Crippen LogP contribution in [0.3, 0.4) is 0 Å². The average molecular weight is 220 g/mol. The molecule has 1 atom stereocenters. The molecule has 0 saturated heterocycles. The van der Waals surface area contributed by atoms with Gasteiger partial charge in [0.2, 0.25) is 0 Å². The Morgan fingerprint density at radius 3 is 2.31 bits per heavy atom. The van der Waals surface area contributed by atoms with Crippen LogP contribution < -0.4 is 0 Å². The molecule has 1 aromatic carbocycles. The molecule has 0 spiro atoms. The molecule has 0 radical (unpaired) electrons. The minimum atomic E-state index is -0.737. The van der Waals surface area contributed by atoms with E-state index in [4.69, 9.17) is 0 Å². The van der Waals surface area contributed by atoms with Gasteiger partial charge < -0.3 is 5.11 Å². The molecule has 0 heterocycles. The second-order valence-electron chi connectivity index (χ2n) is 5.14. The van der Waals surface area contributed by atoms with E-state index in [0.29, 0.717) is 6.42 Å². The van der Waals surface area contributed by atoms with Crippen molar-refractivity contribution in [2.45, 2.75) is 45.4 Å². The van der Waals surface area contributed by atoms with Crippen LogP contribution in [0.4, 0.5) is 0 Å². The zero-order valence-corrected chi connectivity index (χ0v) is 10.4. The number of benzene rings is 1. The average Bonchev–Trinajstić information content (AvgIpc) is 2.17. The maximum absolute atomic E-state index is 11.2. The number of hydrogen-bond acceptors (Lipinski definition) is 1.